The fourth-order valence-corrected chi connectivity index (χ4v) is 2.83. The lowest BCUT2D eigenvalue weighted by Gasteiger charge is -2.47. The van der Waals surface area contributed by atoms with Gasteiger partial charge in [-0.2, -0.15) is 0 Å². The molecule has 2 heteroatoms. The van der Waals surface area contributed by atoms with Gasteiger partial charge in [-0.1, -0.05) is 20.8 Å². The lowest BCUT2D eigenvalue weighted by Crippen LogP contribution is -2.47. The van der Waals surface area contributed by atoms with Gasteiger partial charge in [0.25, 0.3) is 0 Å². The Morgan fingerprint density at radius 1 is 1.31 bits per heavy atom. The zero-order valence-electron chi connectivity index (χ0n) is 9.30. The zero-order valence-corrected chi connectivity index (χ0v) is 9.30. The molecule has 0 aromatic rings. The minimum atomic E-state index is -0.167. The van der Waals surface area contributed by atoms with Gasteiger partial charge in [-0.25, -0.2) is 0 Å². The summed E-state index contributed by atoms with van der Waals surface area (Å²) in [6.45, 7) is 8.68. The SMILES string of the molecule is CC(N)C1(C)CC(O)CC(C)(C)C1. The smallest absolute Gasteiger partial charge is 0.0551 e. The second kappa shape index (κ2) is 3.25. The Labute approximate surface area is 81.5 Å². The van der Waals surface area contributed by atoms with Crippen molar-refractivity contribution in [3.8, 4) is 0 Å². The number of aliphatic hydroxyl groups excluding tert-OH is 1. The Morgan fingerprint density at radius 2 is 1.85 bits per heavy atom. The van der Waals surface area contributed by atoms with E-state index in [0.717, 1.165) is 19.3 Å². The summed E-state index contributed by atoms with van der Waals surface area (Å²) in [5.74, 6) is 0. The first-order valence-electron chi connectivity index (χ1n) is 5.19. The first-order valence-corrected chi connectivity index (χ1v) is 5.19. The first-order chi connectivity index (χ1) is 5.75. The van der Waals surface area contributed by atoms with Crippen LogP contribution in [0.5, 0.6) is 0 Å². The van der Waals surface area contributed by atoms with Crippen LogP contribution in [0.15, 0.2) is 0 Å². The molecular formula is C11H23NO. The van der Waals surface area contributed by atoms with E-state index in [4.69, 9.17) is 5.73 Å². The molecule has 1 aliphatic carbocycles. The highest BCUT2D eigenvalue weighted by atomic mass is 16.3. The summed E-state index contributed by atoms with van der Waals surface area (Å²) in [4.78, 5) is 0. The van der Waals surface area contributed by atoms with E-state index in [1.165, 1.54) is 0 Å². The molecule has 13 heavy (non-hydrogen) atoms. The van der Waals surface area contributed by atoms with E-state index in [1.54, 1.807) is 0 Å². The van der Waals surface area contributed by atoms with E-state index < -0.39 is 0 Å². The Morgan fingerprint density at radius 3 is 2.23 bits per heavy atom. The molecule has 1 saturated carbocycles. The van der Waals surface area contributed by atoms with Gasteiger partial charge < -0.3 is 10.8 Å². The average molecular weight is 185 g/mol. The van der Waals surface area contributed by atoms with Crippen LogP contribution in [0, 0.1) is 10.8 Å². The Bertz CT molecular complexity index is 189. The van der Waals surface area contributed by atoms with E-state index in [0.29, 0.717) is 0 Å². The number of hydrogen-bond acceptors (Lipinski definition) is 2. The van der Waals surface area contributed by atoms with Crippen LogP contribution in [0.1, 0.15) is 47.0 Å². The fourth-order valence-electron chi connectivity index (χ4n) is 2.83. The lowest BCUT2D eigenvalue weighted by molar-refractivity contribution is -0.0186. The number of aliphatic hydroxyl groups is 1. The van der Waals surface area contributed by atoms with Gasteiger partial charge in [-0.15, -0.1) is 0 Å². The highest BCUT2D eigenvalue weighted by Gasteiger charge is 2.42. The average Bonchev–Trinajstić information content (AvgIpc) is 1.79. The van der Waals surface area contributed by atoms with Crippen LogP contribution in [0.3, 0.4) is 0 Å². The van der Waals surface area contributed by atoms with Crippen molar-refractivity contribution in [2.75, 3.05) is 0 Å². The molecule has 0 bridgehead atoms. The van der Waals surface area contributed by atoms with Gasteiger partial charge in [0, 0.05) is 6.04 Å². The largest absolute Gasteiger partial charge is 0.393 e. The van der Waals surface area contributed by atoms with Crippen molar-refractivity contribution in [3.63, 3.8) is 0 Å². The van der Waals surface area contributed by atoms with Gasteiger partial charge in [-0.05, 0) is 37.0 Å². The molecule has 3 N–H and O–H groups in total. The standard InChI is InChI=1S/C11H23NO/c1-8(12)11(4)6-9(13)5-10(2,3)7-11/h8-9,13H,5-7,12H2,1-4H3. The molecule has 0 saturated heterocycles. The summed E-state index contributed by atoms with van der Waals surface area (Å²) in [5.41, 5.74) is 6.32. The van der Waals surface area contributed by atoms with E-state index in [9.17, 15) is 5.11 Å². The molecular weight excluding hydrogens is 162 g/mol. The van der Waals surface area contributed by atoms with E-state index >= 15 is 0 Å². The summed E-state index contributed by atoms with van der Waals surface area (Å²) in [6.07, 6.45) is 2.72. The van der Waals surface area contributed by atoms with Crippen molar-refractivity contribution in [3.05, 3.63) is 0 Å². The molecule has 0 radical (unpaired) electrons. The lowest BCUT2D eigenvalue weighted by atomic mass is 9.61. The molecule has 0 spiro atoms. The second-order valence-corrected chi connectivity index (χ2v) is 5.85. The van der Waals surface area contributed by atoms with E-state index in [2.05, 4.69) is 20.8 Å². The summed E-state index contributed by atoms with van der Waals surface area (Å²) in [7, 11) is 0. The number of hydrogen-bond donors (Lipinski definition) is 2. The van der Waals surface area contributed by atoms with Gasteiger partial charge in [0.15, 0.2) is 0 Å². The summed E-state index contributed by atoms with van der Waals surface area (Å²) in [5, 5.41) is 9.77. The Hall–Kier alpha value is -0.0800. The van der Waals surface area contributed by atoms with Crippen molar-refractivity contribution in [2.45, 2.75) is 59.1 Å². The van der Waals surface area contributed by atoms with E-state index in [1.807, 2.05) is 6.92 Å². The highest BCUT2D eigenvalue weighted by Crippen LogP contribution is 2.47. The van der Waals surface area contributed by atoms with Crippen LogP contribution >= 0.6 is 0 Å². The van der Waals surface area contributed by atoms with Crippen molar-refractivity contribution in [1.29, 1.82) is 0 Å². The third-order valence-corrected chi connectivity index (χ3v) is 3.47. The minimum absolute atomic E-state index is 0.112. The summed E-state index contributed by atoms with van der Waals surface area (Å²) >= 11 is 0. The maximum Gasteiger partial charge on any atom is 0.0551 e. The van der Waals surface area contributed by atoms with Crippen LogP contribution in [-0.4, -0.2) is 17.3 Å². The summed E-state index contributed by atoms with van der Waals surface area (Å²) < 4.78 is 0. The van der Waals surface area contributed by atoms with Crippen LogP contribution in [-0.2, 0) is 0 Å². The maximum absolute atomic E-state index is 9.77. The third kappa shape index (κ3) is 2.44. The predicted molar refractivity (Wildman–Crippen MR) is 55.4 cm³/mol. The predicted octanol–water partition coefficient (Wildman–Crippen LogP) is 1.91. The van der Waals surface area contributed by atoms with Crippen LogP contribution in [0.25, 0.3) is 0 Å². The third-order valence-electron chi connectivity index (χ3n) is 3.47. The number of nitrogens with two attached hydrogens (primary N) is 1. The molecule has 0 heterocycles. The Balaban J connectivity index is 2.78. The van der Waals surface area contributed by atoms with Crippen molar-refractivity contribution >= 4 is 0 Å². The molecule has 0 aromatic carbocycles. The molecule has 1 fully saturated rings. The molecule has 3 unspecified atom stereocenters. The van der Waals surface area contributed by atoms with Crippen LogP contribution in [0.2, 0.25) is 0 Å². The van der Waals surface area contributed by atoms with Gasteiger partial charge in [0.2, 0.25) is 0 Å². The molecule has 0 aliphatic heterocycles. The first kappa shape index (κ1) is 11.0. The maximum atomic E-state index is 9.77. The van der Waals surface area contributed by atoms with Crippen molar-refractivity contribution in [2.24, 2.45) is 16.6 Å². The van der Waals surface area contributed by atoms with Crippen molar-refractivity contribution in [1.82, 2.24) is 0 Å². The van der Waals surface area contributed by atoms with Crippen molar-refractivity contribution < 1.29 is 5.11 Å². The molecule has 3 atom stereocenters. The van der Waals surface area contributed by atoms with Crippen LogP contribution < -0.4 is 5.73 Å². The topological polar surface area (TPSA) is 46.2 Å². The van der Waals surface area contributed by atoms with E-state index in [-0.39, 0.29) is 23.0 Å². The second-order valence-electron chi connectivity index (χ2n) is 5.85. The fraction of sp³-hybridized carbons (Fsp3) is 1.00. The van der Waals surface area contributed by atoms with Gasteiger partial charge in [0.05, 0.1) is 6.10 Å². The highest BCUT2D eigenvalue weighted by molar-refractivity contribution is 4.95. The molecule has 1 rings (SSSR count). The minimum Gasteiger partial charge on any atom is -0.393 e. The quantitative estimate of drug-likeness (QED) is 0.655. The van der Waals surface area contributed by atoms with Gasteiger partial charge >= 0.3 is 0 Å². The molecule has 78 valence electrons. The monoisotopic (exact) mass is 185 g/mol. The van der Waals surface area contributed by atoms with Crippen LogP contribution in [0.4, 0.5) is 0 Å². The summed E-state index contributed by atoms with van der Waals surface area (Å²) in [6, 6.07) is 0.168. The normalized spacial score (nSPS) is 41.5. The Kier molecular flexibility index (Phi) is 2.75. The molecule has 0 amide bonds. The van der Waals surface area contributed by atoms with Gasteiger partial charge in [-0.3, -0.25) is 0 Å². The molecule has 1 aliphatic rings. The molecule has 0 aromatic heterocycles. The molecule has 2 nitrogen and oxygen atoms in total. The number of rotatable bonds is 1. The van der Waals surface area contributed by atoms with Gasteiger partial charge in [0.1, 0.15) is 0 Å². The zero-order chi connectivity index (χ0) is 10.3.